The molecule has 2 rings (SSSR count). The van der Waals surface area contributed by atoms with Crippen molar-refractivity contribution in [1.29, 1.82) is 0 Å². The summed E-state index contributed by atoms with van der Waals surface area (Å²) in [6, 6.07) is 6.80. The molecule has 0 fully saturated rings. The molecule has 0 saturated carbocycles. The van der Waals surface area contributed by atoms with E-state index in [1.807, 2.05) is 11.8 Å². The van der Waals surface area contributed by atoms with E-state index in [2.05, 4.69) is 51.2 Å². The van der Waals surface area contributed by atoms with E-state index in [9.17, 15) is 0 Å². The zero-order valence-electron chi connectivity index (χ0n) is 9.92. The molecule has 1 aromatic carbocycles. The van der Waals surface area contributed by atoms with Gasteiger partial charge in [-0.05, 0) is 37.5 Å². The summed E-state index contributed by atoms with van der Waals surface area (Å²) < 4.78 is 0.312. The summed E-state index contributed by atoms with van der Waals surface area (Å²) in [5.41, 5.74) is 2.73. The minimum atomic E-state index is 0.312. The number of hydrogen-bond donors (Lipinski definition) is 1. The smallest absolute Gasteiger partial charge is 0.0481 e. The first-order valence-corrected chi connectivity index (χ1v) is 6.36. The number of fused-ring (bicyclic) bond motifs is 1. The second-order valence-corrected chi connectivity index (χ2v) is 6.87. The monoisotopic (exact) mass is 221 g/mol. The summed E-state index contributed by atoms with van der Waals surface area (Å²) >= 11 is 1.97. The molecular formula is C13H19NS. The highest BCUT2D eigenvalue weighted by molar-refractivity contribution is 8.00. The third-order valence-corrected chi connectivity index (χ3v) is 4.03. The lowest BCUT2D eigenvalue weighted by atomic mass is 10.0. The lowest BCUT2D eigenvalue weighted by Crippen LogP contribution is -2.29. The number of anilines is 1. The van der Waals surface area contributed by atoms with Crippen LogP contribution < -0.4 is 5.32 Å². The van der Waals surface area contributed by atoms with Crippen molar-refractivity contribution in [2.45, 2.75) is 43.3 Å². The molecular weight excluding hydrogens is 202 g/mol. The van der Waals surface area contributed by atoms with E-state index in [4.69, 9.17) is 0 Å². The molecule has 0 bridgehead atoms. The zero-order valence-corrected chi connectivity index (χ0v) is 10.7. The van der Waals surface area contributed by atoms with Crippen molar-refractivity contribution < 1.29 is 0 Å². The van der Waals surface area contributed by atoms with Crippen LogP contribution in [0.15, 0.2) is 23.1 Å². The van der Waals surface area contributed by atoms with Gasteiger partial charge in [0.15, 0.2) is 0 Å². The molecule has 0 amide bonds. The molecule has 1 heterocycles. The SMILES string of the molecule is CC(C)c1ccc2c(c1)NCC(C)(C)S2. The van der Waals surface area contributed by atoms with Gasteiger partial charge in [-0.2, -0.15) is 0 Å². The van der Waals surface area contributed by atoms with Gasteiger partial charge >= 0.3 is 0 Å². The van der Waals surface area contributed by atoms with Gasteiger partial charge in [0.2, 0.25) is 0 Å². The van der Waals surface area contributed by atoms with Crippen LogP contribution in [0.3, 0.4) is 0 Å². The molecule has 0 atom stereocenters. The van der Waals surface area contributed by atoms with Crippen molar-refractivity contribution in [2.75, 3.05) is 11.9 Å². The average Bonchev–Trinajstić information content (AvgIpc) is 2.15. The van der Waals surface area contributed by atoms with Gasteiger partial charge in [0.25, 0.3) is 0 Å². The summed E-state index contributed by atoms with van der Waals surface area (Å²) in [5, 5.41) is 3.53. The number of rotatable bonds is 1. The lowest BCUT2D eigenvalue weighted by Gasteiger charge is -2.32. The van der Waals surface area contributed by atoms with Crippen LogP contribution in [0.4, 0.5) is 5.69 Å². The van der Waals surface area contributed by atoms with Crippen LogP contribution >= 0.6 is 11.8 Å². The quantitative estimate of drug-likeness (QED) is 0.766. The molecule has 0 radical (unpaired) electrons. The summed E-state index contributed by atoms with van der Waals surface area (Å²) in [4.78, 5) is 1.38. The third kappa shape index (κ3) is 2.31. The van der Waals surface area contributed by atoms with Crippen LogP contribution in [0.1, 0.15) is 39.2 Å². The maximum absolute atomic E-state index is 3.53. The molecule has 1 aromatic rings. The zero-order chi connectivity index (χ0) is 11.1. The Kier molecular flexibility index (Phi) is 2.72. The minimum absolute atomic E-state index is 0.312. The van der Waals surface area contributed by atoms with Crippen LogP contribution in [0.5, 0.6) is 0 Å². The Morgan fingerprint density at radius 1 is 1.33 bits per heavy atom. The van der Waals surface area contributed by atoms with Crippen LogP contribution in [0, 0.1) is 0 Å². The summed E-state index contributed by atoms with van der Waals surface area (Å²) in [7, 11) is 0. The van der Waals surface area contributed by atoms with Crippen molar-refractivity contribution in [2.24, 2.45) is 0 Å². The molecule has 0 unspecified atom stereocenters. The largest absolute Gasteiger partial charge is 0.383 e. The lowest BCUT2D eigenvalue weighted by molar-refractivity contribution is 0.738. The second kappa shape index (κ2) is 3.75. The fraction of sp³-hybridized carbons (Fsp3) is 0.538. The number of thioether (sulfide) groups is 1. The molecule has 1 aliphatic rings. The second-order valence-electron chi connectivity index (χ2n) is 5.13. The van der Waals surface area contributed by atoms with Crippen molar-refractivity contribution >= 4 is 17.4 Å². The summed E-state index contributed by atoms with van der Waals surface area (Å²) in [5.74, 6) is 0.608. The molecule has 2 heteroatoms. The first-order chi connectivity index (χ1) is 6.98. The summed E-state index contributed by atoms with van der Waals surface area (Å²) in [6.45, 7) is 10.1. The molecule has 0 spiro atoms. The van der Waals surface area contributed by atoms with E-state index in [1.165, 1.54) is 16.1 Å². The highest BCUT2D eigenvalue weighted by atomic mass is 32.2. The van der Waals surface area contributed by atoms with E-state index < -0.39 is 0 Å². The van der Waals surface area contributed by atoms with Gasteiger partial charge in [-0.25, -0.2) is 0 Å². The maximum Gasteiger partial charge on any atom is 0.0481 e. The molecule has 15 heavy (non-hydrogen) atoms. The molecule has 0 aromatic heterocycles. The molecule has 1 nitrogen and oxygen atoms in total. The van der Waals surface area contributed by atoms with E-state index in [0.717, 1.165) is 6.54 Å². The fourth-order valence-corrected chi connectivity index (χ4v) is 2.89. The normalized spacial score (nSPS) is 18.5. The van der Waals surface area contributed by atoms with Crippen molar-refractivity contribution in [3.05, 3.63) is 23.8 Å². The number of benzene rings is 1. The molecule has 1 N–H and O–H groups in total. The Morgan fingerprint density at radius 2 is 2.07 bits per heavy atom. The number of hydrogen-bond acceptors (Lipinski definition) is 2. The molecule has 1 aliphatic heterocycles. The maximum atomic E-state index is 3.53. The van der Waals surface area contributed by atoms with Gasteiger partial charge < -0.3 is 5.32 Å². The Labute approximate surface area is 96.7 Å². The Morgan fingerprint density at radius 3 is 2.73 bits per heavy atom. The first kappa shape index (κ1) is 10.9. The predicted molar refractivity (Wildman–Crippen MR) is 69.0 cm³/mol. The third-order valence-electron chi connectivity index (χ3n) is 2.76. The van der Waals surface area contributed by atoms with Crippen LogP contribution in [-0.4, -0.2) is 11.3 Å². The molecule has 0 aliphatic carbocycles. The Balaban J connectivity index is 2.32. The standard InChI is InChI=1S/C13H19NS/c1-9(2)10-5-6-12-11(7-10)14-8-13(3,4)15-12/h5-7,9,14H,8H2,1-4H3. The Hall–Kier alpha value is -0.630. The van der Waals surface area contributed by atoms with Gasteiger partial charge in [0, 0.05) is 21.9 Å². The van der Waals surface area contributed by atoms with E-state index in [1.54, 1.807) is 0 Å². The van der Waals surface area contributed by atoms with Crippen LogP contribution in [0.25, 0.3) is 0 Å². The van der Waals surface area contributed by atoms with Gasteiger partial charge in [0.05, 0.1) is 0 Å². The van der Waals surface area contributed by atoms with Crippen LogP contribution in [0.2, 0.25) is 0 Å². The highest BCUT2D eigenvalue weighted by Gasteiger charge is 2.25. The minimum Gasteiger partial charge on any atom is -0.383 e. The van der Waals surface area contributed by atoms with Crippen molar-refractivity contribution in [3.63, 3.8) is 0 Å². The molecule has 0 saturated heterocycles. The van der Waals surface area contributed by atoms with Crippen molar-refractivity contribution in [1.82, 2.24) is 0 Å². The average molecular weight is 221 g/mol. The van der Waals surface area contributed by atoms with E-state index in [0.29, 0.717) is 10.7 Å². The topological polar surface area (TPSA) is 12.0 Å². The fourth-order valence-electron chi connectivity index (χ4n) is 1.78. The van der Waals surface area contributed by atoms with Gasteiger partial charge in [0.1, 0.15) is 0 Å². The Bertz CT molecular complexity index is 369. The van der Waals surface area contributed by atoms with Gasteiger partial charge in [-0.1, -0.05) is 19.9 Å². The van der Waals surface area contributed by atoms with Crippen molar-refractivity contribution in [3.8, 4) is 0 Å². The van der Waals surface area contributed by atoms with E-state index in [-0.39, 0.29) is 0 Å². The summed E-state index contributed by atoms with van der Waals surface area (Å²) in [6.07, 6.45) is 0. The number of nitrogens with one attached hydrogen (secondary N) is 1. The predicted octanol–water partition coefficient (Wildman–Crippen LogP) is 4.11. The highest BCUT2D eigenvalue weighted by Crippen LogP contribution is 2.42. The van der Waals surface area contributed by atoms with E-state index >= 15 is 0 Å². The molecule has 82 valence electrons. The van der Waals surface area contributed by atoms with Crippen LogP contribution in [-0.2, 0) is 0 Å². The first-order valence-electron chi connectivity index (χ1n) is 5.55. The van der Waals surface area contributed by atoms with Gasteiger partial charge in [-0.15, -0.1) is 11.8 Å². The van der Waals surface area contributed by atoms with Gasteiger partial charge in [-0.3, -0.25) is 0 Å².